The Hall–Kier alpha value is -1.55. The Bertz CT molecular complexity index is 463. The number of ether oxygens (including phenoxy) is 1. The maximum Gasteiger partial charge on any atom is 0.322 e. The minimum absolute atomic E-state index is 0.0507. The van der Waals surface area contributed by atoms with Gasteiger partial charge in [-0.3, -0.25) is 0 Å². The number of nitrogens with zero attached hydrogens (tertiary/aromatic N) is 1. The first kappa shape index (κ1) is 13.9. The first-order chi connectivity index (χ1) is 8.95. The van der Waals surface area contributed by atoms with Crippen LogP contribution in [0.2, 0.25) is 0 Å². The number of nitrogens with one attached hydrogen (secondary N) is 1. The first-order valence-electron chi connectivity index (χ1n) is 6.74. The van der Waals surface area contributed by atoms with Crippen LogP contribution in [0.4, 0.5) is 10.5 Å². The third-order valence-electron chi connectivity index (χ3n) is 3.47. The van der Waals surface area contributed by atoms with Crippen molar-refractivity contribution in [1.82, 2.24) is 4.90 Å². The van der Waals surface area contributed by atoms with Crippen LogP contribution in [-0.2, 0) is 4.74 Å². The zero-order valence-electron chi connectivity index (χ0n) is 12.1. The third-order valence-corrected chi connectivity index (χ3v) is 3.47. The molecular formula is C15H22N2O2. The summed E-state index contributed by atoms with van der Waals surface area (Å²) in [6.07, 6.45) is 0.184. The highest BCUT2D eigenvalue weighted by molar-refractivity contribution is 5.89. The standard InChI is InChI=1S/C15H22N2O2/c1-10-5-6-14(7-11(10)2)16-15(18)17-8-12(3)19-13(4)9-17/h5-7,12-13H,8-9H2,1-4H3,(H,16,18)/t12-,13+. The lowest BCUT2D eigenvalue weighted by molar-refractivity contribution is -0.0530. The highest BCUT2D eigenvalue weighted by Crippen LogP contribution is 2.16. The number of rotatable bonds is 1. The van der Waals surface area contributed by atoms with Crippen LogP contribution >= 0.6 is 0 Å². The molecule has 1 aromatic rings. The molecule has 2 rings (SSSR count). The molecule has 1 N–H and O–H groups in total. The van der Waals surface area contributed by atoms with Gasteiger partial charge in [0.25, 0.3) is 0 Å². The second-order valence-electron chi connectivity index (χ2n) is 5.39. The van der Waals surface area contributed by atoms with E-state index in [1.165, 1.54) is 11.1 Å². The molecule has 1 aromatic carbocycles. The molecule has 2 amide bonds. The summed E-state index contributed by atoms with van der Waals surface area (Å²) >= 11 is 0. The molecule has 1 aliphatic heterocycles. The Morgan fingerprint density at radius 1 is 1.21 bits per heavy atom. The van der Waals surface area contributed by atoms with Crippen LogP contribution in [0.25, 0.3) is 0 Å². The number of morpholine rings is 1. The third kappa shape index (κ3) is 3.47. The van der Waals surface area contributed by atoms with Crippen molar-refractivity contribution in [3.63, 3.8) is 0 Å². The molecule has 0 saturated carbocycles. The van der Waals surface area contributed by atoms with E-state index in [-0.39, 0.29) is 18.2 Å². The van der Waals surface area contributed by atoms with E-state index in [1.807, 2.05) is 43.9 Å². The Morgan fingerprint density at radius 3 is 2.42 bits per heavy atom. The van der Waals surface area contributed by atoms with Gasteiger partial charge in [0.15, 0.2) is 0 Å². The molecule has 4 heteroatoms. The van der Waals surface area contributed by atoms with Crippen molar-refractivity contribution in [2.75, 3.05) is 18.4 Å². The van der Waals surface area contributed by atoms with Gasteiger partial charge in [0.05, 0.1) is 12.2 Å². The summed E-state index contributed by atoms with van der Waals surface area (Å²) in [5.74, 6) is 0. The van der Waals surface area contributed by atoms with Gasteiger partial charge >= 0.3 is 6.03 Å². The second kappa shape index (κ2) is 5.61. The number of hydrogen-bond donors (Lipinski definition) is 1. The van der Waals surface area contributed by atoms with Gasteiger partial charge < -0.3 is 15.0 Å². The van der Waals surface area contributed by atoms with E-state index >= 15 is 0 Å². The van der Waals surface area contributed by atoms with E-state index in [1.54, 1.807) is 0 Å². The van der Waals surface area contributed by atoms with Gasteiger partial charge in [-0.25, -0.2) is 4.79 Å². The number of urea groups is 1. The molecule has 0 bridgehead atoms. The molecule has 19 heavy (non-hydrogen) atoms. The molecule has 4 nitrogen and oxygen atoms in total. The van der Waals surface area contributed by atoms with Crippen LogP contribution < -0.4 is 5.32 Å². The molecule has 0 unspecified atom stereocenters. The van der Waals surface area contributed by atoms with Crippen molar-refractivity contribution < 1.29 is 9.53 Å². The van der Waals surface area contributed by atoms with Crippen LogP contribution in [0.3, 0.4) is 0 Å². The average Bonchev–Trinajstić information content (AvgIpc) is 2.32. The summed E-state index contributed by atoms with van der Waals surface area (Å²) in [7, 11) is 0. The lowest BCUT2D eigenvalue weighted by Crippen LogP contribution is -2.49. The van der Waals surface area contributed by atoms with E-state index in [9.17, 15) is 4.79 Å². The van der Waals surface area contributed by atoms with Crippen LogP contribution in [0.15, 0.2) is 18.2 Å². The van der Waals surface area contributed by atoms with E-state index in [2.05, 4.69) is 12.2 Å². The summed E-state index contributed by atoms with van der Waals surface area (Å²) in [5.41, 5.74) is 3.26. The van der Waals surface area contributed by atoms with Gasteiger partial charge in [-0.1, -0.05) is 6.07 Å². The lowest BCUT2D eigenvalue weighted by atomic mass is 10.1. The Kier molecular flexibility index (Phi) is 4.10. The Labute approximate surface area is 114 Å². The Balaban J connectivity index is 2.02. The quantitative estimate of drug-likeness (QED) is 0.845. The maximum absolute atomic E-state index is 12.2. The van der Waals surface area contributed by atoms with Crippen molar-refractivity contribution in [2.45, 2.75) is 39.9 Å². The van der Waals surface area contributed by atoms with Crippen LogP contribution in [0.1, 0.15) is 25.0 Å². The fraction of sp³-hybridized carbons (Fsp3) is 0.533. The topological polar surface area (TPSA) is 41.6 Å². The molecule has 0 spiro atoms. The number of anilines is 1. The van der Waals surface area contributed by atoms with Crippen LogP contribution in [0, 0.1) is 13.8 Å². The molecule has 104 valence electrons. The monoisotopic (exact) mass is 262 g/mol. The minimum atomic E-state index is -0.0507. The summed E-state index contributed by atoms with van der Waals surface area (Å²) in [6.45, 7) is 9.37. The minimum Gasteiger partial charge on any atom is -0.372 e. The zero-order valence-corrected chi connectivity index (χ0v) is 12.1. The van der Waals surface area contributed by atoms with Gasteiger partial charge in [-0.2, -0.15) is 0 Å². The molecular weight excluding hydrogens is 240 g/mol. The van der Waals surface area contributed by atoms with E-state index < -0.39 is 0 Å². The fourth-order valence-corrected chi connectivity index (χ4v) is 2.37. The summed E-state index contributed by atoms with van der Waals surface area (Å²) in [5, 5.41) is 2.95. The number of aryl methyl sites for hydroxylation is 2. The largest absolute Gasteiger partial charge is 0.372 e. The van der Waals surface area contributed by atoms with Gasteiger partial charge in [-0.05, 0) is 51.0 Å². The molecule has 1 fully saturated rings. The average molecular weight is 262 g/mol. The van der Waals surface area contributed by atoms with E-state index in [0.717, 1.165) is 5.69 Å². The highest BCUT2D eigenvalue weighted by Gasteiger charge is 2.25. The summed E-state index contributed by atoms with van der Waals surface area (Å²) < 4.78 is 5.63. The normalized spacial score (nSPS) is 23.3. The van der Waals surface area contributed by atoms with E-state index in [0.29, 0.717) is 13.1 Å². The van der Waals surface area contributed by atoms with Crippen LogP contribution in [0.5, 0.6) is 0 Å². The van der Waals surface area contributed by atoms with Gasteiger partial charge in [-0.15, -0.1) is 0 Å². The van der Waals surface area contributed by atoms with Crippen molar-refractivity contribution in [2.24, 2.45) is 0 Å². The molecule has 2 atom stereocenters. The predicted octanol–water partition coefficient (Wildman–Crippen LogP) is 2.94. The van der Waals surface area contributed by atoms with Gasteiger partial charge in [0, 0.05) is 18.8 Å². The van der Waals surface area contributed by atoms with Gasteiger partial charge in [0.1, 0.15) is 0 Å². The highest BCUT2D eigenvalue weighted by atomic mass is 16.5. The van der Waals surface area contributed by atoms with Gasteiger partial charge in [0.2, 0.25) is 0 Å². The van der Waals surface area contributed by atoms with Crippen molar-refractivity contribution >= 4 is 11.7 Å². The molecule has 1 heterocycles. The smallest absolute Gasteiger partial charge is 0.322 e. The number of benzene rings is 1. The molecule has 1 saturated heterocycles. The molecule has 1 aliphatic rings. The SMILES string of the molecule is Cc1ccc(NC(=O)N2C[C@@H](C)O[C@@H](C)C2)cc1C. The van der Waals surface area contributed by atoms with Crippen molar-refractivity contribution in [3.05, 3.63) is 29.3 Å². The number of carbonyl (C=O) groups excluding carboxylic acids is 1. The summed E-state index contributed by atoms with van der Waals surface area (Å²) in [6, 6.07) is 5.91. The zero-order chi connectivity index (χ0) is 14.0. The molecule has 0 aliphatic carbocycles. The van der Waals surface area contributed by atoms with Crippen molar-refractivity contribution in [3.8, 4) is 0 Å². The number of amides is 2. The summed E-state index contributed by atoms with van der Waals surface area (Å²) in [4.78, 5) is 14.0. The lowest BCUT2D eigenvalue weighted by Gasteiger charge is -2.35. The second-order valence-corrected chi connectivity index (χ2v) is 5.39. The fourth-order valence-electron chi connectivity index (χ4n) is 2.37. The van der Waals surface area contributed by atoms with Crippen molar-refractivity contribution in [1.29, 1.82) is 0 Å². The Morgan fingerprint density at radius 2 is 1.84 bits per heavy atom. The number of hydrogen-bond acceptors (Lipinski definition) is 2. The number of carbonyl (C=O) groups is 1. The predicted molar refractivity (Wildman–Crippen MR) is 76.5 cm³/mol. The van der Waals surface area contributed by atoms with E-state index in [4.69, 9.17) is 4.74 Å². The first-order valence-corrected chi connectivity index (χ1v) is 6.74. The van der Waals surface area contributed by atoms with Crippen LogP contribution in [-0.4, -0.2) is 36.2 Å². The molecule has 0 aromatic heterocycles. The molecule has 0 radical (unpaired) electrons. The maximum atomic E-state index is 12.2.